The van der Waals surface area contributed by atoms with Gasteiger partial charge in [0.1, 0.15) is 11.4 Å². The van der Waals surface area contributed by atoms with E-state index >= 15 is 0 Å². The smallest absolute Gasteiger partial charge is 0.271 e. The quantitative estimate of drug-likeness (QED) is 0.786. The van der Waals surface area contributed by atoms with Crippen molar-refractivity contribution in [2.75, 3.05) is 0 Å². The van der Waals surface area contributed by atoms with Gasteiger partial charge in [-0.05, 0) is 18.4 Å². The average molecular weight is 300 g/mol. The fourth-order valence-electron chi connectivity index (χ4n) is 1.66. The summed E-state index contributed by atoms with van der Waals surface area (Å²) in [5.74, 6) is -0.285. The van der Waals surface area contributed by atoms with E-state index in [4.69, 9.17) is 0 Å². The van der Waals surface area contributed by atoms with Gasteiger partial charge in [0.25, 0.3) is 5.91 Å². The molecule has 0 aliphatic carbocycles. The van der Waals surface area contributed by atoms with Crippen LogP contribution < -0.4 is 5.32 Å². The van der Waals surface area contributed by atoms with E-state index in [9.17, 15) is 4.79 Å². The fraction of sp³-hybridized carbons (Fsp3) is 0.154. The van der Waals surface area contributed by atoms with Crippen LogP contribution in [0.4, 0.5) is 0 Å². The molecule has 106 valence electrons. The maximum Gasteiger partial charge on any atom is 0.271 e. The normalized spacial score (nSPS) is 10.5. The molecule has 0 spiro atoms. The van der Waals surface area contributed by atoms with Gasteiger partial charge in [0.15, 0.2) is 0 Å². The lowest BCUT2D eigenvalue weighted by Crippen LogP contribution is -2.24. The van der Waals surface area contributed by atoms with Crippen LogP contribution in [0, 0.1) is 6.92 Å². The Bertz CT molecular complexity index is 734. The Morgan fingerprint density at radius 3 is 3.00 bits per heavy atom. The van der Waals surface area contributed by atoms with Gasteiger partial charge in [-0.15, -0.1) is 5.10 Å². The highest BCUT2D eigenvalue weighted by molar-refractivity contribution is 7.08. The summed E-state index contributed by atoms with van der Waals surface area (Å²) in [5, 5.41) is 14.7. The zero-order valence-corrected chi connectivity index (χ0v) is 12.0. The van der Waals surface area contributed by atoms with Gasteiger partial charge < -0.3 is 5.32 Å². The molecule has 0 aliphatic heterocycles. The number of thiophene rings is 1. The molecule has 7 nitrogen and oxygen atoms in total. The zero-order valence-electron chi connectivity index (χ0n) is 11.2. The van der Waals surface area contributed by atoms with E-state index in [0.29, 0.717) is 12.2 Å². The Morgan fingerprint density at radius 2 is 2.29 bits per heavy atom. The topological polar surface area (TPSA) is 85.6 Å². The van der Waals surface area contributed by atoms with Crippen molar-refractivity contribution in [1.29, 1.82) is 0 Å². The molecule has 21 heavy (non-hydrogen) atoms. The highest BCUT2D eigenvalue weighted by atomic mass is 32.1. The molecule has 0 saturated carbocycles. The Hall–Kier alpha value is -2.61. The lowest BCUT2D eigenvalue weighted by molar-refractivity contribution is 0.0945. The van der Waals surface area contributed by atoms with Crippen LogP contribution in [0.15, 0.2) is 35.4 Å². The monoisotopic (exact) mass is 300 g/mol. The largest absolute Gasteiger partial charge is 0.345 e. The van der Waals surface area contributed by atoms with Crippen LogP contribution in [0.3, 0.4) is 0 Å². The predicted molar refractivity (Wildman–Crippen MR) is 77.2 cm³/mol. The second-order valence-electron chi connectivity index (χ2n) is 4.36. The van der Waals surface area contributed by atoms with Crippen molar-refractivity contribution in [3.8, 4) is 5.69 Å². The van der Waals surface area contributed by atoms with Crippen LogP contribution in [-0.2, 0) is 6.54 Å². The van der Waals surface area contributed by atoms with E-state index in [0.717, 1.165) is 11.4 Å². The number of aromatic nitrogens is 5. The van der Waals surface area contributed by atoms with Gasteiger partial charge in [0.2, 0.25) is 0 Å². The molecular weight excluding hydrogens is 288 g/mol. The summed E-state index contributed by atoms with van der Waals surface area (Å²) in [6.07, 6.45) is 4.79. The third-order valence-corrected chi connectivity index (χ3v) is 3.43. The maximum atomic E-state index is 11.9. The Labute approximate surface area is 124 Å². The molecule has 0 fully saturated rings. The Morgan fingerprint density at radius 1 is 1.38 bits per heavy atom. The second kappa shape index (κ2) is 5.80. The standard InChI is InChI=1S/C13H12N6OS/c1-9-4-15-12(6-14-9)13(20)16-5-10-7-19(18-17-10)11-2-3-21-8-11/h2-4,6-8H,5H2,1H3,(H,16,20). The SMILES string of the molecule is Cc1cnc(C(=O)NCc2cn(-c3ccsc3)nn2)cn1. The molecule has 0 unspecified atom stereocenters. The van der Waals surface area contributed by atoms with Crippen LogP contribution in [0.5, 0.6) is 0 Å². The number of carbonyl (C=O) groups excluding carboxylic acids is 1. The van der Waals surface area contributed by atoms with Crippen LogP contribution in [0.2, 0.25) is 0 Å². The van der Waals surface area contributed by atoms with E-state index in [-0.39, 0.29) is 11.6 Å². The van der Waals surface area contributed by atoms with Gasteiger partial charge >= 0.3 is 0 Å². The van der Waals surface area contributed by atoms with E-state index < -0.39 is 0 Å². The lowest BCUT2D eigenvalue weighted by Gasteiger charge is -2.01. The van der Waals surface area contributed by atoms with E-state index in [1.54, 1.807) is 28.4 Å². The molecule has 3 rings (SSSR count). The minimum atomic E-state index is -0.285. The molecule has 0 aliphatic rings. The highest BCUT2D eigenvalue weighted by Gasteiger charge is 2.09. The van der Waals surface area contributed by atoms with Crippen LogP contribution in [0.1, 0.15) is 21.9 Å². The number of hydrogen-bond acceptors (Lipinski definition) is 6. The summed E-state index contributed by atoms with van der Waals surface area (Å²) in [5.41, 5.74) is 2.68. The number of nitrogens with zero attached hydrogens (tertiary/aromatic N) is 5. The van der Waals surface area contributed by atoms with Crippen molar-refractivity contribution in [3.63, 3.8) is 0 Å². The number of rotatable bonds is 4. The fourth-order valence-corrected chi connectivity index (χ4v) is 2.29. The Kier molecular flexibility index (Phi) is 3.69. The molecular formula is C13H12N6OS. The van der Waals surface area contributed by atoms with E-state index in [1.165, 1.54) is 6.20 Å². The van der Waals surface area contributed by atoms with Crippen molar-refractivity contribution in [2.45, 2.75) is 13.5 Å². The van der Waals surface area contributed by atoms with Gasteiger partial charge in [0.05, 0.1) is 30.3 Å². The van der Waals surface area contributed by atoms with E-state index in [1.807, 2.05) is 23.8 Å². The van der Waals surface area contributed by atoms with E-state index in [2.05, 4.69) is 25.6 Å². The Balaban J connectivity index is 1.62. The minimum Gasteiger partial charge on any atom is -0.345 e. The lowest BCUT2D eigenvalue weighted by atomic mass is 10.4. The first-order valence-electron chi connectivity index (χ1n) is 6.23. The first-order chi connectivity index (χ1) is 10.2. The maximum absolute atomic E-state index is 11.9. The molecule has 8 heteroatoms. The number of carbonyl (C=O) groups is 1. The number of aryl methyl sites for hydroxylation is 1. The summed E-state index contributed by atoms with van der Waals surface area (Å²) in [4.78, 5) is 20.0. The van der Waals surface area contributed by atoms with Gasteiger partial charge in [-0.25, -0.2) is 9.67 Å². The molecule has 0 saturated heterocycles. The van der Waals surface area contributed by atoms with Gasteiger partial charge in [-0.1, -0.05) is 5.21 Å². The van der Waals surface area contributed by atoms with Gasteiger partial charge in [0, 0.05) is 11.6 Å². The summed E-state index contributed by atoms with van der Waals surface area (Å²) in [6, 6.07) is 1.95. The number of amides is 1. The number of nitrogens with one attached hydrogen (secondary N) is 1. The predicted octanol–water partition coefficient (Wildman–Crippen LogP) is 1.36. The first-order valence-corrected chi connectivity index (χ1v) is 7.17. The average Bonchev–Trinajstić information content (AvgIpc) is 3.16. The molecule has 1 N–H and O–H groups in total. The molecule has 0 aromatic carbocycles. The number of hydrogen-bond donors (Lipinski definition) is 1. The van der Waals surface area contributed by atoms with Crippen molar-refractivity contribution >= 4 is 17.2 Å². The molecule has 1 amide bonds. The van der Waals surface area contributed by atoms with Crippen LogP contribution in [-0.4, -0.2) is 30.9 Å². The van der Waals surface area contributed by atoms with Crippen molar-refractivity contribution < 1.29 is 4.79 Å². The third kappa shape index (κ3) is 3.11. The van der Waals surface area contributed by atoms with Crippen molar-refractivity contribution in [2.24, 2.45) is 0 Å². The van der Waals surface area contributed by atoms with Gasteiger partial charge in [-0.3, -0.25) is 9.78 Å². The summed E-state index contributed by atoms with van der Waals surface area (Å²) < 4.78 is 1.67. The third-order valence-electron chi connectivity index (χ3n) is 2.76. The summed E-state index contributed by atoms with van der Waals surface area (Å²) in [6.45, 7) is 2.11. The summed E-state index contributed by atoms with van der Waals surface area (Å²) in [7, 11) is 0. The molecule has 3 aromatic rings. The minimum absolute atomic E-state index is 0.283. The van der Waals surface area contributed by atoms with Gasteiger partial charge in [-0.2, -0.15) is 11.3 Å². The van der Waals surface area contributed by atoms with Crippen molar-refractivity contribution in [1.82, 2.24) is 30.3 Å². The first kappa shape index (κ1) is 13.4. The molecule has 0 radical (unpaired) electrons. The highest BCUT2D eigenvalue weighted by Crippen LogP contribution is 2.10. The molecule has 0 bridgehead atoms. The second-order valence-corrected chi connectivity index (χ2v) is 5.14. The van der Waals surface area contributed by atoms with Crippen LogP contribution in [0.25, 0.3) is 5.69 Å². The van der Waals surface area contributed by atoms with Crippen molar-refractivity contribution in [3.05, 3.63) is 52.5 Å². The molecule has 0 atom stereocenters. The molecule has 3 heterocycles. The zero-order chi connectivity index (χ0) is 14.7. The summed E-state index contributed by atoms with van der Waals surface area (Å²) >= 11 is 1.59. The molecule has 3 aromatic heterocycles. The van der Waals surface area contributed by atoms with Crippen LogP contribution >= 0.6 is 11.3 Å².